The number of aliphatic carboxylic acids is 1. The van der Waals surface area contributed by atoms with Crippen molar-refractivity contribution in [2.75, 3.05) is 26.2 Å². The van der Waals surface area contributed by atoms with Crippen LogP contribution in [0.5, 0.6) is 5.75 Å². The minimum atomic E-state index is -0.609. The lowest BCUT2D eigenvalue weighted by molar-refractivity contribution is -0.149. The van der Waals surface area contributed by atoms with Crippen LogP contribution in [0.25, 0.3) is 10.8 Å². The molecule has 1 saturated carbocycles. The lowest BCUT2D eigenvalue weighted by Crippen LogP contribution is -2.36. The zero-order chi connectivity index (χ0) is 16.6. The molecule has 2 aliphatic rings. The molecule has 2 aromatic carbocycles. The Morgan fingerprint density at radius 1 is 1.25 bits per heavy atom. The van der Waals surface area contributed by atoms with E-state index in [0.29, 0.717) is 19.1 Å². The van der Waals surface area contributed by atoms with Crippen LogP contribution in [0, 0.1) is 11.3 Å². The van der Waals surface area contributed by atoms with Crippen LogP contribution in [0.1, 0.15) is 19.3 Å². The van der Waals surface area contributed by atoms with E-state index in [9.17, 15) is 9.90 Å². The topological polar surface area (TPSA) is 49.8 Å². The third kappa shape index (κ3) is 2.55. The summed E-state index contributed by atoms with van der Waals surface area (Å²) in [6, 6.07) is 14.3. The van der Waals surface area contributed by atoms with Crippen molar-refractivity contribution in [1.29, 1.82) is 0 Å². The van der Waals surface area contributed by atoms with E-state index in [1.54, 1.807) is 0 Å². The Kier molecular flexibility index (Phi) is 3.93. The molecule has 2 atom stereocenters. The van der Waals surface area contributed by atoms with Crippen LogP contribution < -0.4 is 4.74 Å². The number of hydrogen-bond acceptors (Lipinski definition) is 3. The molecule has 1 aliphatic carbocycles. The van der Waals surface area contributed by atoms with Gasteiger partial charge in [-0.05, 0) is 30.2 Å². The summed E-state index contributed by atoms with van der Waals surface area (Å²) in [5.74, 6) is 0.607. The fourth-order valence-electron chi connectivity index (χ4n) is 4.52. The zero-order valence-electron chi connectivity index (χ0n) is 13.8. The highest BCUT2D eigenvalue weighted by Crippen LogP contribution is 2.48. The minimum Gasteiger partial charge on any atom is -0.492 e. The van der Waals surface area contributed by atoms with Gasteiger partial charge in [0.15, 0.2) is 0 Å². The van der Waals surface area contributed by atoms with Crippen LogP contribution in [-0.4, -0.2) is 42.2 Å². The molecule has 4 heteroatoms. The maximum Gasteiger partial charge on any atom is 0.311 e. The summed E-state index contributed by atoms with van der Waals surface area (Å²) >= 11 is 0. The molecule has 0 unspecified atom stereocenters. The molecule has 4 nitrogen and oxygen atoms in total. The number of benzene rings is 2. The maximum absolute atomic E-state index is 11.7. The normalized spacial score (nSPS) is 26.6. The van der Waals surface area contributed by atoms with E-state index in [0.717, 1.165) is 43.5 Å². The van der Waals surface area contributed by atoms with Crippen LogP contribution in [0.2, 0.25) is 0 Å². The Morgan fingerprint density at radius 3 is 2.92 bits per heavy atom. The first-order chi connectivity index (χ1) is 11.7. The second kappa shape index (κ2) is 6.10. The van der Waals surface area contributed by atoms with Gasteiger partial charge in [-0.3, -0.25) is 9.69 Å². The van der Waals surface area contributed by atoms with Crippen LogP contribution in [0.15, 0.2) is 42.5 Å². The first-order valence-corrected chi connectivity index (χ1v) is 8.75. The molecule has 4 rings (SSSR count). The second-order valence-corrected chi connectivity index (χ2v) is 7.11. The van der Waals surface area contributed by atoms with Gasteiger partial charge in [0.2, 0.25) is 0 Å². The molecule has 126 valence electrons. The van der Waals surface area contributed by atoms with Crippen molar-refractivity contribution < 1.29 is 14.6 Å². The summed E-state index contributed by atoms with van der Waals surface area (Å²) in [6.45, 7) is 2.95. The van der Waals surface area contributed by atoms with Crippen LogP contribution >= 0.6 is 0 Å². The molecule has 0 amide bonds. The molecule has 24 heavy (non-hydrogen) atoms. The largest absolute Gasteiger partial charge is 0.492 e. The van der Waals surface area contributed by atoms with E-state index < -0.39 is 11.4 Å². The minimum absolute atomic E-state index is 0.313. The van der Waals surface area contributed by atoms with Gasteiger partial charge in [0, 0.05) is 25.0 Å². The second-order valence-electron chi connectivity index (χ2n) is 7.11. The highest BCUT2D eigenvalue weighted by molar-refractivity contribution is 5.88. The van der Waals surface area contributed by atoms with Gasteiger partial charge in [-0.1, -0.05) is 42.8 Å². The van der Waals surface area contributed by atoms with E-state index in [2.05, 4.69) is 23.1 Å². The van der Waals surface area contributed by atoms with E-state index in [4.69, 9.17) is 4.74 Å². The van der Waals surface area contributed by atoms with Crippen LogP contribution in [0.4, 0.5) is 0 Å². The van der Waals surface area contributed by atoms with Gasteiger partial charge in [-0.15, -0.1) is 0 Å². The van der Waals surface area contributed by atoms with Crippen molar-refractivity contribution in [3.8, 4) is 5.75 Å². The molecule has 2 aromatic rings. The highest BCUT2D eigenvalue weighted by Gasteiger charge is 2.54. The number of carboxylic acid groups (broad SMARTS) is 1. The van der Waals surface area contributed by atoms with Crippen molar-refractivity contribution in [1.82, 2.24) is 4.90 Å². The number of rotatable bonds is 5. The molecule has 0 aromatic heterocycles. The van der Waals surface area contributed by atoms with Crippen LogP contribution in [0.3, 0.4) is 0 Å². The predicted octanol–water partition coefficient (Wildman–Crippen LogP) is 3.41. The Bertz CT molecular complexity index is 754. The number of hydrogen-bond donors (Lipinski definition) is 1. The fraction of sp³-hybridized carbons (Fsp3) is 0.450. The van der Waals surface area contributed by atoms with Crippen molar-refractivity contribution in [2.24, 2.45) is 11.3 Å². The predicted molar refractivity (Wildman–Crippen MR) is 93.3 cm³/mol. The molecule has 1 aliphatic heterocycles. The third-order valence-corrected chi connectivity index (χ3v) is 5.78. The maximum atomic E-state index is 11.7. The van der Waals surface area contributed by atoms with Crippen molar-refractivity contribution in [3.05, 3.63) is 42.5 Å². The summed E-state index contributed by atoms with van der Waals surface area (Å²) < 4.78 is 6.01. The average molecular weight is 325 g/mol. The molecule has 0 bridgehead atoms. The molecular formula is C20H23NO3. The standard InChI is InChI=1S/C20H23NO3/c22-19(23)20-10-4-7-16(20)13-21(14-20)11-12-24-18-9-3-6-15-5-1-2-8-17(15)18/h1-3,5-6,8-9,16H,4,7,10-14H2,(H,22,23)/t16-,20+/m0/s1. The van der Waals surface area contributed by atoms with Gasteiger partial charge < -0.3 is 9.84 Å². The van der Waals surface area contributed by atoms with Gasteiger partial charge >= 0.3 is 5.97 Å². The molecule has 0 radical (unpaired) electrons. The summed E-state index contributed by atoms with van der Waals surface area (Å²) in [7, 11) is 0. The van der Waals surface area contributed by atoms with Crippen molar-refractivity contribution >= 4 is 16.7 Å². The molecule has 1 heterocycles. The number of ether oxygens (including phenoxy) is 1. The van der Waals surface area contributed by atoms with E-state index in [1.807, 2.05) is 24.3 Å². The van der Waals surface area contributed by atoms with Gasteiger partial charge in [0.25, 0.3) is 0 Å². The Labute approximate surface area is 142 Å². The van der Waals surface area contributed by atoms with E-state index in [-0.39, 0.29) is 0 Å². The Hall–Kier alpha value is -2.07. The SMILES string of the molecule is O=C(O)[C@@]12CCC[C@H]1CN(CCOc1cccc3ccccc13)C2. The monoisotopic (exact) mass is 325 g/mol. The summed E-state index contributed by atoms with van der Waals surface area (Å²) in [5, 5.41) is 12.0. The molecule has 2 fully saturated rings. The lowest BCUT2D eigenvalue weighted by Gasteiger charge is -2.23. The quantitative estimate of drug-likeness (QED) is 0.915. The summed E-state index contributed by atoms with van der Waals surface area (Å²) in [5.41, 5.74) is -0.501. The molecule has 1 N–H and O–H groups in total. The van der Waals surface area contributed by atoms with Crippen molar-refractivity contribution in [2.45, 2.75) is 19.3 Å². The fourth-order valence-corrected chi connectivity index (χ4v) is 4.52. The number of likely N-dealkylation sites (tertiary alicyclic amines) is 1. The van der Waals surface area contributed by atoms with Gasteiger partial charge in [-0.2, -0.15) is 0 Å². The first kappa shape index (κ1) is 15.5. The van der Waals surface area contributed by atoms with E-state index in [1.165, 1.54) is 5.39 Å². The van der Waals surface area contributed by atoms with Crippen molar-refractivity contribution in [3.63, 3.8) is 0 Å². The number of carboxylic acids is 1. The zero-order valence-corrected chi connectivity index (χ0v) is 13.8. The number of nitrogens with zero attached hydrogens (tertiary/aromatic N) is 1. The Morgan fingerprint density at radius 2 is 2.08 bits per heavy atom. The average Bonchev–Trinajstić information content (AvgIpc) is 3.13. The Balaban J connectivity index is 1.39. The summed E-state index contributed by atoms with van der Waals surface area (Å²) in [4.78, 5) is 14.0. The smallest absolute Gasteiger partial charge is 0.311 e. The highest BCUT2D eigenvalue weighted by atomic mass is 16.5. The number of carbonyl (C=O) groups is 1. The first-order valence-electron chi connectivity index (χ1n) is 8.75. The van der Waals surface area contributed by atoms with E-state index >= 15 is 0 Å². The number of fused-ring (bicyclic) bond motifs is 2. The van der Waals surface area contributed by atoms with Crippen LogP contribution in [-0.2, 0) is 4.79 Å². The lowest BCUT2D eigenvalue weighted by atomic mass is 9.81. The molecule has 1 saturated heterocycles. The van der Waals surface area contributed by atoms with Gasteiger partial charge in [-0.25, -0.2) is 0 Å². The molecular weight excluding hydrogens is 302 g/mol. The van der Waals surface area contributed by atoms with Gasteiger partial charge in [0.1, 0.15) is 12.4 Å². The summed E-state index contributed by atoms with van der Waals surface area (Å²) in [6.07, 6.45) is 2.93. The third-order valence-electron chi connectivity index (χ3n) is 5.78. The molecule has 0 spiro atoms. The van der Waals surface area contributed by atoms with Gasteiger partial charge in [0.05, 0.1) is 5.41 Å².